The van der Waals surface area contributed by atoms with E-state index in [4.69, 9.17) is 10.5 Å². The summed E-state index contributed by atoms with van der Waals surface area (Å²) in [6.07, 6.45) is 0. The molecule has 1 fully saturated rings. The smallest absolute Gasteiger partial charge is 0.106 e. The summed E-state index contributed by atoms with van der Waals surface area (Å²) in [5.74, 6) is 1.02. The van der Waals surface area contributed by atoms with Gasteiger partial charge in [-0.3, -0.25) is 0 Å². The Hall–Kier alpha value is -1.39. The Balaban J connectivity index is 2.16. The number of nitrogens with zero attached hydrogens (tertiary/aromatic N) is 2. The molecule has 84 valence electrons. The lowest BCUT2D eigenvalue weighted by Crippen LogP contribution is -2.54. The van der Waals surface area contributed by atoms with Crippen molar-refractivity contribution in [1.82, 2.24) is 9.55 Å². The summed E-state index contributed by atoms with van der Waals surface area (Å²) in [4.78, 5) is 4.51. The summed E-state index contributed by atoms with van der Waals surface area (Å²) in [7, 11) is 2.02. The van der Waals surface area contributed by atoms with Gasteiger partial charge in [0.15, 0.2) is 0 Å². The van der Waals surface area contributed by atoms with E-state index in [1.165, 1.54) is 0 Å². The van der Waals surface area contributed by atoms with Gasteiger partial charge in [0.05, 0.1) is 29.8 Å². The Kier molecular flexibility index (Phi) is 1.87. The topological polar surface area (TPSA) is 53.1 Å². The van der Waals surface area contributed by atoms with Crippen molar-refractivity contribution in [2.75, 3.05) is 13.2 Å². The minimum atomic E-state index is -0.306. The molecule has 1 saturated heterocycles. The third kappa shape index (κ3) is 1.20. The second-order valence-electron chi connectivity index (χ2n) is 4.57. The Labute approximate surface area is 94.0 Å². The van der Waals surface area contributed by atoms with E-state index < -0.39 is 0 Å². The van der Waals surface area contributed by atoms with E-state index in [1.54, 1.807) is 0 Å². The fourth-order valence-electron chi connectivity index (χ4n) is 2.12. The average molecular weight is 217 g/mol. The molecule has 0 radical (unpaired) electrons. The molecule has 0 saturated carbocycles. The van der Waals surface area contributed by atoms with Gasteiger partial charge in [-0.2, -0.15) is 0 Å². The quantitative estimate of drug-likeness (QED) is 0.777. The summed E-state index contributed by atoms with van der Waals surface area (Å²) in [6.45, 7) is 3.21. The van der Waals surface area contributed by atoms with E-state index in [-0.39, 0.29) is 5.54 Å². The van der Waals surface area contributed by atoms with Crippen LogP contribution in [0, 0.1) is 6.92 Å². The van der Waals surface area contributed by atoms with Crippen molar-refractivity contribution in [3.63, 3.8) is 0 Å². The van der Waals surface area contributed by atoms with Crippen LogP contribution in [0.3, 0.4) is 0 Å². The van der Waals surface area contributed by atoms with Gasteiger partial charge in [0.2, 0.25) is 0 Å². The molecule has 1 aliphatic heterocycles. The highest BCUT2D eigenvalue weighted by Gasteiger charge is 2.36. The van der Waals surface area contributed by atoms with Crippen LogP contribution in [0.1, 0.15) is 11.4 Å². The zero-order valence-electron chi connectivity index (χ0n) is 9.53. The fraction of sp³-hybridized carbons (Fsp3) is 0.417. The predicted octanol–water partition coefficient (Wildman–Crippen LogP) is 1.07. The van der Waals surface area contributed by atoms with Gasteiger partial charge in [-0.05, 0) is 24.6 Å². The number of hydrogen-bond donors (Lipinski definition) is 1. The molecule has 0 bridgehead atoms. The van der Waals surface area contributed by atoms with Crippen LogP contribution in [0.25, 0.3) is 11.0 Å². The predicted molar refractivity (Wildman–Crippen MR) is 62.1 cm³/mol. The Morgan fingerprint density at radius 1 is 1.44 bits per heavy atom. The van der Waals surface area contributed by atoms with Gasteiger partial charge in [-0.15, -0.1) is 0 Å². The summed E-state index contributed by atoms with van der Waals surface area (Å²) in [5.41, 5.74) is 9.16. The van der Waals surface area contributed by atoms with E-state index in [9.17, 15) is 0 Å². The van der Waals surface area contributed by atoms with Crippen molar-refractivity contribution >= 4 is 11.0 Å². The SMILES string of the molecule is Cc1nc2cc(C3(N)COC3)ccc2n1C. The molecule has 4 nitrogen and oxygen atoms in total. The molecular weight excluding hydrogens is 202 g/mol. The molecular formula is C12H15N3O. The monoisotopic (exact) mass is 217 g/mol. The first-order chi connectivity index (χ1) is 7.60. The average Bonchev–Trinajstić information content (AvgIpc) is 2.51. The largest absolute Gasteiger partial charge is 0.377 e. The van der Waals surface area contributed by atoms with Crippen molar-refractivity contribution in [3.05, 3.63) is 29.6 Å². The summed E-state index contributed by atoms with van der Waals surface area (Å²) in [6, 6.07) is 6.23. The molecule has 2 heterocycles. The van der Waals surface area contributed by atoms with Crippen molar-refractivity contribution in [3.8, 4) is 0 Å². The van der Waals surface area contributed by atoms with Gasteiger partial charge in [0.25, 0.3) is 0 Å². The van der Waals surface area contributed by atoms with Crippen LogP contribution in [0.5, 0.6) is 0 Å². The molecule has 1 aromatic carbocycles. The molecule has 1 aliphatic rings. The van der Waals surface area contributed by atoms with Crippen LogP contribution in [0.2, 0.25) is 0 Å². The third-order valence-electron chi connectivity index (χ3n) is 3.40. The van der Waals surface area contributed by atoms with Crippen LogP contribution >= 0.6 is 0 Å². The van der Waals surface area contributed by atoms with Crippen molar-refractivity contribution in [2.24, 2.45) is 12.8 Å². The second-order valence-corrected chi connectivity index (χ2v) is 4.57. The van der Waals surface area contributed by atoms with Gasteiger partial charge < -0.3 is 15.0 Å². The number of nitrogens with two attached hydrogens (primary N) is 1. The molecule has 1 aromatic heterocycles. The van der Waals surface area contributed by atoms with Crippen LogP contribution in [0.4, 0.5) is 0 Å². The minimum absolute atomic E-state index is 0.306. The summed E-state index contributed by atoms with van der Waals surface area (Å²) >= 11 is 0. The molecule has 3 rings (SSSR count). The second kappa shape index (κ2) is 3.06. The van der Waals surface area contributed by atoms with E-state index >= 15 is 0 Å². The number of aromatic nitrogens is 2. The summed E-state index contributed by atoms with van der Waals surface area (Å²) < 4.78 is 7.27. The molecule has 0 amide bonds. The van der Waals surface area contributed by atoms with E-state index in [0.29, 0.717) is 13.2 Å². The van der Waals surface area contributed by atoms with Crippen molar-refractivity contribution < 1.29 is 4.74 Å². The number of fused-ring (bicyclic) bond motifs is 1. The highest BCUT2D eigenvalue weighted by molar-refractivity contribution is 5.77. The Bertz CT molecular complexity index is 555. The van der Waals surface area contributed by atoms with E-state index in [0.717, 1.165) is 22.4 Å². The van der Waals surface area contributed by atoms with E-state index in [2.05, 4.69) is 27.8 Å². The first-order valence-corrected chi connectivity index (χ1v) is 5.40. The highest BCUT2D eigenvalue weighted by Crippen LogP contribution is 2.28. The van der Waals surface area contributed by atoms with E-state index in [1.807, 2.05) is 14.0 Å². The number of imidazole rings is 1. The van der Waals surface area contributed by atoms with Crippen molar-refractivity contribution in [2.45, 2.75) is 12.5 Å². The Morgan fingerprint density at radius 3 is 2.81 bits per heavy atom. The first kappa shape index (κ1) is 9.81. The fourth-order valence-corrected chi connectivity index (χ4v) is 2.12. The number of hydrogen-bond acceptors (Lipinski definition) is 3. The third-order valence-corrected chi connectivity index (χ3v) is 3.40. The molecule has 0 unspecified atom stereocenters. The molecule has 0 atom stereocenters. The zero-order chi connectivity index (χ0) is 11.3. The van der Waals surface area contributed by atoms with Gasteiger partial charge in [-0.1, -0.05) is 6.07 Å². The standard InChI is InChI=1S/C12H15N3O/c1-8-14-10-5-9(12(13)6-16-7-12)3-4-11(10)15(8)2/h3-5H,6-7,13H2,1-2H3. The summed E-state index contributed by atoms with van der Waals surface area (Å²) in [5, 5.41) is 0. The van der Waals surface area contributed by atoms with Crippen LogP contribution < -0.4 is 5.73 Å². The minimum Gasteiger partial charge on any atom is -0.377 e. The maximum absolute atomic E-state index is 6.20. The molecule has 2 aromatic rings. The maximum atomic E-state index is 6.20. The lowest BCUT2D eigenvalue weighted by atomic mass is 9.89. The normalized spacial score (nSPS) is 18.7. The molecule has 2 N–H and O–H groups in total. The Morgan fingerprint density at radius 2 is 2.19 bits per heavy atom. The van der Waals surface area contributed by atoms with Crippen LogP contribution in [0.15, 0.2) is 18.2 Å². The highest BCUT2D eigenvalue weighted by atomic mass is 16.5. The first-order valence-electron chi connectivity index (χ1n) is 5.40. The molecule has 0 spiro atoms. The zero-order valence-corrected chi connectivity index (χ0v) is 9.53. The maximum Gasteiger partial charge on any atom is 0.106 e. The number of rotatable bonds is 1. The van der Waals surface area contributed by atoms with Crippen LogP contribution in [-0.2, 0) is 17.3 Å². The lowest BCUT2D eigenvalue weighted by Gasteiger charge is -2.38. The van der Waals surface area contributed by atoms with Crippen molar-refractivity contribution in [1.29, 1.82) is 0 Å². The molecule has 0 aliphatic carbocycles. The van der Waals surface area contributed by atoms with Gasteiger partial charge in [-0.25, -0.2) is 4.98 Å². The number of ether oxygens (including phenoxy) is 1. The van der Waals surface area contributed by atoms with Crippen LogP contribution in [-0.4, -0.2) is 22.8 Å². The molecule has 4 heteroatoms. The van der Waals surface area contributed by atoms with Gasteiger partial charge >= 0.3 is 0 Å². The number of aryl methyl sites for hydroxylation is 2. The van der Waals surface area contributed by atoms with Gasteiger partial charge in [0, 0.05) is 7.05 Å². The molecule has 16 heavy (non-hydrogen) atoms. The lowest BCUT2D eigenvalue weighted by molar-refractivity contribution is -0.0568. The van der Waals surface area contributed by atoms with Gasteiger partial charge in [0.1, 0.15) is 5.82 Å². The number of benzene rings is 1.